The Bertz CT molecular complexity index is 1920. The summed E-state index contributed by atoms with van der Waals surface area (Å²) in [6, 6.07) is 6.20. The van der Waals surface area contributed by atoms with Gasteiger partial charge >= 0.3 is 6.16 Å². The van der Waals surface area contributed by atoms with Crippen LogP contribution in [-0.2, 0) is 23.9 Å². The molecule has 0 radical (unpaired) electrons. The first kappa shape index (κ1) is 45.5. The van der Waals surface area contributed by atoms with Crippen molar-refractivity contribution in [1.82, 2.24) is 10.6 Å². The number of carbonyl (C=O) groups excluding carboxylic acids is 4. The van der Waals surface area contributed by atoms with Crippen LogP contribution in [0, 0.1) is 13.8 Å². The molecule has 6 rings (SSSR count). The normalized spacial score (nSPS) is 20.1. The van der Waals surface area contributed by atoms with E-state index < -0.39 is 53.7 Å². The minimum Gasteiger partial charge on any atom is -0.509 e. The molecule has 2 saturated carbocycles. The molecule has 2 spiro atoms. The van der Waals surface area contributed by atoms with Crippen LogP contribution in [0.1, 0.15) is 93.9 Å². The molecule has 3 N–H and O–H groups in total. The van der Waals surface area contributed by atoms with Crippen molar-refractivity contribution < 1.29 is 51.3 Å². The number of benzene rings is 2. The molecule has 56 heavy (non-hydrogen) atoms. The predicted molar refractivity (Wildman–Crippen MR) is 207 cm³/mol. The molecule has 2 heterocycles. The first-order chi connectivity index (χ1) is 26.0. The number of aryl methyl sites for hydroxylation is 2. The number of hydrogen-bond donors (Lipinski definition) is 3. The fourth-order valence-electron chi connectivity index (χ4n) is 7.04. The number of nitrogens with one attached hydrogen (secondary N) is 2. The summed E-state index contributed by atoms with van der Waals surface area (Å²) in [4.78, 5) is 46.9. The van der Waals surface area contributed by atoms with Crippen LogP contribution < -0.4 is 10.6 Å². The van der Waals surface area contributed by atoms with Gasteiger partial charge in [-0.1, -0.05) is 53.3 Å². The molecule has 0 unspecified atom stereocenters. The van der Waals surface area contributed by atoms with Crippen LogP contribution in [-0.4, -0.2) is 57.8 Å². The van der Waals surface area contributed by atoms with Crippen molar-refractivity contribution in [2.24, 2.45) is 0 Å². The fraction of sp³-hybridized carbons (Fsp3) is 0.474. The van der Waals surface area contributed by atoms with E-state index in [4.69, 9.17) is 67.5 Å². The zero-order chi connectivity index (χ0) is 42.0. The average molecular weight is 889 g/mol. The lowest BCUT2D eigenvalue weighted by Crippen LogP contribution is -2.50. The summed E-state index contributed by atoms with van der Waals surface area (Å²) in [7, 11) is 0. The van der Waals surface area contributed by atoms with E-state index in [1.54, 1.807) is 39.8 Å². The van der Waals surface area contributed by atoms with E-state index >= 15 is 0 Å². The van der Waals surface area contributed by atoms with Gasteiger partial charge in [0.25, 0.3) is 11.8 Å². The van der Waals surface area contributed by atoms with Crippen molar-refractivity contribution in [3.05, 3.63) is 78.1 Å². The van der Waals surface area contributed by atoms with Crippen molar-refractivity contribution in [2.75, 3.05) is 6.61 Å². The first-order valence-electron chi connectivity index (χ1n) is 17.5. The van der Waals surface area contributed by atoms with Crippen LogP contribution >= 0.6 is 58.0 Å². The highest BCUT2D eigenvalue weighted by Gasteiger charge is 2.54. The lowest BCUT2D eigenvalue weighted by molar-refractivity contribution is -0.118. The molecule has 18 heteroatoms. The van der Waals surface area contributed by atoms with Gasteiger partial charge in [0.15, 0.2) is 5.76 Å². The Labute approximate surface area is 346 Å². The molecule has 0 aromatic heterocycles. The highest BCUT2D eigenvalue weighted by molar-refractivity contribution is 6.63. The van der Waals surface area contributed by atoms with Crippen molar-refractivity contribution in [3.8, 4) is 0 Å². The summed E-state index contributed by atoms with van der Waals surface area (Å²) >= 11 is 29.3. The topological polar surface area (TPSA) is 131 Å². The third-order valence-corrected chi connectivity index (χ3v) is 11.2. The Morgan fingerprint density at radius 3 is 1.52 bits per heavy atom. The summed E-state index contributed by atoms with van der Waals surface area (Å²) in [5.41, 5.74) is -0.285. The number of hydrogen-bond acceptors (Lipinski definition) is 7. The van der Waals surface area contributed by atoms with E-state index in [1.165, 1.54) is 12.1 Å². The van der Waals surface area contributed by atoms with Crippen LogP contribution in [0.25, 0.3) is 11.1 Å². The maximum absolute atomic E-state index is 13.7. The van der Waals surface area contributed by atoms with Gasteiger partial charge in [-0.2, -0.15) is 0 Å². The van der Waals surface area contributed by atoms with Gasteiger partial charge in [0.05, 0.1) is 38.9 Å². The number of halogens is 9. The van der Waals surface area contributed by atoms with Crippen molar-refractivity contribution in [2.45, 2.75) is 108 Å². The highest BCUT2D eigenvalue weighted by atomic mass is 35.5. The highest BCUT2D eigenvalue weighted by Crippen LogP contribution is 2.50. The third-order valence-electron chi connectivity index (χ3n) is 9.91. The maximum atomic E-state index is 13.7. The number of ether oxygens (including phenoxy) is 2. The molecular formula is C38H39Cl5F4N2O7. The monoisotopic (exact) mass is 886 g/mol. The first-order valence-corrected chi connectivity index (χ1v) is 19.4. The van der Waals surface area contributed by atoms with Gasteiger partial charge in [-0.3, -0.25) is 14.4 Å². The zero-order valence-corrected chi connectivity index (χ0v) is 34.5. The van der Waals surface area contributed by atoms with E-state index in [9.17, 15) is 41.8 Å². The molecule has 2 aliphatic heterocycles. The fourth-order valence-corrected chi connectivity index (χ4v) is 8.42. The number of aliphatic hydroxyl groups is 1. The smallest absolute Gasteiger partial charge is 0.509 e. The van der Waals surface area contributed by atoms with E-state index in [0.717, 1.165) is 0 Å². The molecule has 0 bridgehead atoms. The minimum atomic E-state index is -2.83. The van der Waals surface area contributed by atoms with Crippen molar-refractivity contribution in [1.29, 1.82) is 0 Å². The summed E-state index contributed by atoms with van der Waals surface area (Å²) in [5.74, 6) is -6.87. The Morgan fingerprint density at radius 2 is 1.11 bits per heavy atom. The van der Waals surface area contributed by atoms with Crippen LogP contribution in [0.2, 0.25) is 20.1 Å². The minimum absolute atomic E-state index is 0.00860. The van der Waals surface area contributed by atoms with Crippen LogP contribution in [0.15, 0.2) is 35.8 Å². The Kier molecular flexibility index (Phi) is 14.4. The number of rotatable bonds is 5. The lowest BCUT2D eigenvalue weighted by atomic mass is 9.78. The molecule has 9 nitrogen and oxygen atoms in total. The van der Waals surface area contributed by atoms with Gasteiger partial charge < -0.3 is 25.2 Å². The number of carbonyl (C=O) groups is 4. The Morgan fingerprint density at radius 1 is 0.714 bits per heavy atom. The predicted octanol–water partition coefficient (Wildman–Crippen LogP) is 11.1. The maximum Gasteiger partial charge on any atom is 0.513 e. The Hall–Kier alpha value is -3.23. The largest absolute Gasteiger partial charge is 0.513 e. The van der Waals surface area contributed by atoms with E-state index in [1.807, 2.05) is 0 Å². The second-order valence-electron chi connectivity index (χ2n) is 13.9. The molecule has 0 saturated heterocycles. The number of alkyl halides is 4. The molecular weight excluding hydrogens is 850 g/mol. The van der Waals surface area contributed by atoms with Crippen molar-refractivity contribution >= 4 is 92.4 Å². The quantitative estimate of drug-likeness (QED) is 0.155. The number of amides is 2. The summed E-state index contributed by atoms with van der Waals surface area (Å²) in [6.45, 7) is 6.81. The summed E-state index contributed by atoms with van der Waals surface area (Å²) < 4.78 is 64.5. The van der Waals surface area contributed by atoms with Crippen LogP contribution in [0.4, 0.5) is 22.4 Å². The second kappa shape index (κ2) is 17.7. The van der Waals surface area contributed by atoms with Gasteiger partial charge in [-0.15, -0.1) is 0 Å². The standard InChI is InChI=1S/C19H19Cl2F2NO4.C16H15Cl2F2NO2.C3H5ClO/c1-3-27-17(26)28-15-14(13-10(2)8-11(20)9-12(13)21)16(25)24-18(15)4-6-19(22,23)7-5-18;1-8-6-9(17)7-10(18)11(8)12-13(22)15(21-14(12)23)2-4-16(19,20)5-3-15;1-2-3(4)5/h8-9H,3-7H2,1-2H3,(H,24,25);6-7,22H,2-5H2,1H3,(H,21,23);2H2,1H3. The SMILES string of the molecule is CCC(=O)Cl.CCOC(=O)OC1=C(c2c(C)cc(Cl)cc2Cl)C(=O)NC12CCC(F)(F)CC2.Cc1cc(Cl)cc(Cl)c1C1=C(O)C2(CCC(F)(F)CC2)NC1=O. The molecule has 2 amide bonds. The molecule has 306 valence electrons. The molecule has 2 aromatic carbocycles. The molecule has 2 aromatic rings. The van der Waals surface area contributed by atoms with Crippen LogP contribution in [0.3, 0.4) is 0 Å². The molecule has 0 atom stereocenters. The molecule has 2 aliphatic carbocycles. The second-order valence-corrected chi connectivity index (χ2v) is 16.0. The third kappa shape index (κ3) is 10.1. The van der Waals surface area contributed by atoms with Crippen molar-refractivity contribution in [3.63, 3.8) is 0 Å². The van der Waals surface area contributed by atoms with Gasteiger partial charge in [-0.25, -0.2) is 22.4 Å². The summed E-state index contributed by atoms with van der Waals surface area (Å²) in [5, 5.41) is 17.0. The van der Waals surface area contributed by atoms with Gasteiger partial charge in [0.1, 0.15) is 5.76 Å². The van der Waals surface area contributed by atoms with E-state index in [2.05, 4.69) is 10.6 Å². The van der Waals surface area contributed by atoms with E-state index in [0.29, 0.717) is 38.7 Å². The molecule has 2 fully saturated rings. The lowest BCUT2D eigenvalue weighted by Gasteiger charge is -2.37. The van der Waals surface area contributed by atoms with E-state index in [-0.39, 0.29) is 83.1 Å². The van der Waals surface area contributed by atoms with Gasteiger partial charge in [0, 0.05) is 53.3 Å². The summed E-state index contributed by atoms with van der Waals surface area (Å²) in [6.07, 6.45) is -2.38. The van der Waals surface area contributed by atoms with Gasteiger partial charge in [-0.05, 0) is 93.4 Å². The number of aliphatic hydroxyl groups excluding tert-OH is 1. The molecule has 4 aliphatic rings. The van der Waals surface area contributed by atoms with Gasteiger partial charge in [0.2, 0.25) is 17.1 Å². The Balaban J connectivity index is 0.000000225. The zero-order valence-electron chi connectivity index (χ0n) is 30.7. The average Bonchev–Trinajstić information content (AvgIpc) is 3.48. The van der Waals surface area contributed by atoms with Crippen LogP contribution in [0.5, 0.6) is 0 Å².